The lowest BCUT2D eigenvalue weighted by Gasteiger charge is -2.36. The van der Waals surface area contributed by atoms with Gasteiger partial charge >= 0.3 is 0 Å². The van der Waals surface area contributed by atoms with Gasteiger partial charge in [0.2, 0.25) is 0 Å². The van der Waals surface area contributed by atoms with Gasteiger partial charge < -0.3 is 28.8 Å². The van der Waals surface area contributed by atoms with Crippen LogP contribution in [0.5, 0.6) is 17.2 Å². The van der Waals surface area contributed by atoms with Crippen LogP contribution in [0.1, 0.15) is 15.9 Å². The van der Waals surface area contributed by atoms with E-state index in [1.54, 1.807) is 12.0 Å². The molecule has 3 aromatic carbocycles. The molecular weight excluding hydrogens is 478 g/mol. The summed E-state index contributed by atoms with van der Waals surface area (Å²) >= 11 is 0. The van der Waals surface area contributed by atoms with Crippen LogP contribution in [0.4, 0.5) is 11.4 Å². The fourth-order valence-electron chi connectivity index (χ4n) is 4.09. The van der Waals surface area contributed by atoms with Crippen LogP contribution in [-0.4, -0.2) is 62.9 Å². The summed E-state index contributed by atoms with van der Waals surface area (Å²) in [6.07, 6.45) is 0. The van der Waals surface area contributed by atoms with Crippen LogP contribution in [-0.2, 0) is 11.4 Å². The standard InChI is InChI=1S/C26H27N3O6.CH2O/c1-33-23-11-7-6-10-21(23)27-12-14-28(15-13-27)26(30)20-16-24(34-2)25(17-22(20)29(31)32)35-18-19-8-4-3-5-9-19;1-2/h3-11,16-17H,12-15,18H2,1-2H3;1H2. The molecule has 1 aliphatic heterocycles. The Morgan fingerprint density at radius 1 is 0.892 bits per heavy atom. The van der Waals surface area contributed by atoms with E-state index in [9.17, 15) is 14.9 Å². The number of nitrogens with zero attached hydrogens (tertiary/aromatic N) is 3. The van der Waals surface area contributed by atoms with Crippen LogP contribution >= 0.6 is 0 Å². The molecule has 0 aromatic heterocycles. The number of hydrogen-bond acceptors (Lipinski definition) is 8. The molecule has 4 rings (SSSR count). The highest BCUT2D eigenvalue weighted by molar-refractivity contribution is 5.99. The molecule has 3 aromatic rings. The van der Waals surface area contributed by atoms with Crippen LogP contribution in [0.15, 0.2) is 66.7 Å². The van der Waals surface area contributed by atoms with E-state index < -0.39 is 10.8 Å². The number of ether oxygens (including phenoxy) is 3. The average Bonchev–Trinajstić information content (AvgIpc) is 2.96. The molecule has 1 aliphatic rings. The van der Waals surface area contributed by atoms with Gasteiger partial charge in [-0.25, -0.2) is 0 Å². The zero-order chi connectivity index (χ0) is 26.8. The second-order valence-electron chi connectivity index (χ2n) is 8.00. The highest BCUT2D eigenvalue weighted by Gasteiger charge is 2.30. The van der Waals surface area contributed by atoms with Gasteiger partial charge in [0, 0.05) is 32.2 Å². The zero-order valence-electron chi connectivity index (χ0n) is 20.8. The number of carbonyl (C=O) groups excluding carboxylic acids is 2. The van der Waals surface area contributed by atoms with Gasteiger partial charge in [-0.2, -0.15) is 0 Å². The molecule has 194 valence electrons. The number of nitro benzene ring substituents is 1. The first-order valence-electron chi connectivity index (χ1n) is 11.5. The van der Waals surface area contributed by atoms with Crippen LogP contribution < -0.4 is 19.1 Å². The van der Waals surface area contributed by atoms with Crippen molar-refractivity contribution in [1.82, 2.24) is 4.90 Å². The summed E-state index contributed by atoms with van der Waals surface area (Å²) in [4.78, 5) is 36.4. The summed E-state index contributed by atoms with van der Waals surface area (Å²) in [6.45, 7) is 4.21. The van der Waals surface area contributed by atoms with Gasteiger partial charge in [-0.1, -0.05) is 42.5 Å². The third kappa shape index (κ3) is 6.35. The minimum atomic E-state index is -0.562. The molecule has 0 N–H and O–H groups in total. The fourth-order valence-corrected chi connectivity index (χ4v) is 4.09. The van der Waals surface area contributed by atoms with E-state index in [0.29, 0.717) is 26.2 Å². The SMILES string of the molecule is C=O.COc1cc(C(=O)N2CCN(c3ccccc3OC)CC2)c([N+](=O)[O-])cc1OCc1ccccc1. The molecule has 0 aliphatic carbocycles. The Hall–Kier alpha value is -4.60. The van der Waals surface area contributed by atoms with Crippen molar-refractivity contribution in [2.24, 2.45) is 0 Å². The Labute approximate surface area is 215 Å². The third-order valence-corrected chi connectivity index (χ3v) is 5.94. The zero-order valence-corrected chi connectivity index (χ0v) is 20.8. The van der Waals surface area contributed by atoms with Crippen molar-refractivity contribution in [1.29, 1.82) is 0 Å². The maximum Gasteiger partial charge on any atom is 0.286 e. The first-order chi connectivity index (χ1) is 18.0. The summed E-state index contributed by atoms with van der Waals surface area (Å²) < 4.78 is 16.6. The van der Waals surface area contributed by atoms with E-state index in [1.807, 2.05) is 61.4 Å². The summed E-state index contributed by atoms with van der Waals surface area (Å²) in [5.41, 5.74) is 1.52. The number of hydrogen-bond donors (Lipinski definition) is 0. The second-order valence-corrected chi connectivity index (χ2v) is 8.00. The van der Waals surface area contributed by atoms with Gasteiger partial charge in [0.15, 0.2) is 11.5 Å². The monoisotopic (exact) mass is 507 g/mol. The maximum absolute atomic E-state index is 13.3. The summed E-state index contributed by atoms with van der Waals surface area (Å²) in [7, 11) is 3.06. The number of benzene rings is 3. The predicted molar refractivity (Wildman–Crippen MR) is 139 cm³/mol. The molecule has 0 saturated carbocycles. The molecule has 10 heteroatoms. The first-order valence-corrected chi connectivity index (χ1v) is 11.5. The smallest absolute Gasteiger partial charge is 0.286 e. The minimum absolute atomic E-state index is 0.0235. The predicted octanol–water partition coefficient (Wildman–Crippen LogP) is 3.97. The van der Waals surface area contributed by atoms with Crippen molar-refractivity contribution in [3.63, 3.8) is 0 Å². The van der Waals surface area contributed by atoms with E-state index in [0.717, 1.165) is 17.0 Å². The number of amides is 1. The third-order valence-electron chi connectivity index (χ3n) is 5.94. The molecule has 0 atom stereocenters. The lowest BCUT2D eigenvalue weighted by Crippen LogP contribution is -2.49. The van der Waals surface area contributed by atoms with Crippen LogP contribution in [0.2, 0.25) is 0 Å². The van der Waals surface area contributed by atoms with Crippen LogP contribution in [0, 0.1) is 10.1 Å². The van der Waals surface area contributed by atoms with E-state index in [2.05, 4.69) is 4.90 Å². The molecule has 0 unspecified atom stereocenters. The molecule has 37 heavy (non-hydrogen) atoms. The second kappa shape index (κ2) is 12.9. The van der Waals surface area contributed by atoms with Gasteiger partial charge in [0.05, 0.1) is 30.9 Å². The van der Waals surface area contributed by atoms with Gasteiger partial charge in [-0.05, 0) is 17.7 Å². The molecule has 1 fully saturated rings. The molecule has 0 spiro atoms. The highest BCUT2D eigenvalue weighted by atomic mass is 16.6. The Morgan fingerprint density at radius 3 is 2.14 bits per heavy atom. The van der Waals surface area contributed by atoms with Crippen LogP contribution in [0.3, 0.4) is 0 Å². The number of para-hydroxylation sites is 2. The largest absolute Gasteiger partial charge is 0.495 e. The Morgan fingerprint density at radius 2 is 1.51 bits per heavy atom. The van der Waals surface area contributed by atoms with E-state index in [-0.39, 0.29) is 29.4 Å². The van der Waals surface area contributed by atoms with Crippen molar-refractivity contribution < 1.29 is 28.7 Å². The van der Waals surface area contributed by atoms with Crippen molar-refractivity contribution in [2.45, 2.75) is 6.61 Å². The average molecular weight is 508 g/mol. The number of piperazine rings is 1. The molecule has 0 radical (unpaired) electrons. The normalized spacial score (nSPS) is 12.7. The Balaban J connectivity index is 0.00000186. The quantitative estimate of drug-likeness (QED) is 0.333. The number of methoxy groups -OCH3 is 2. The van der Waals surface area contributed by atoms with E-state index in [1.165, 1.54) is 19.2 Å². The first kappa shape index (κ1) is 27.0. The molecule has 1 heterocycles. The van der Waals surface area contributed by atoms with E-state index >= 15 is 0 Å². The van der Waals surface area contributed by atoms with Crippen molar-refractivity contribution in [3.05, 3.63) is 88.0 Å². The molecule has 1 amide bonds. The fraction of sp³-hybridized carbons (Fsp3) is 0.259. The van der Waals surface area contributed by atoms with Gasteiger partial charge in [-0.15, -0.1) is 0 Å². The number of nitro groups is 1. The summed E-state index contributed by atoms with van der Waals surface area (Å²) in [5.74, 6) is 0.825. The topological polar surface area (TPSA) is 111 Å². The van der Waals surface area contributed by atoms with Gasteiger partial charge in [0.25, 0.3) is 11.6 Å². The summed E-state index contributed by atoms with van der Waals surface area (Å²) in [6, 6.07) is 19.8. The summed E-state index contributed by atoms with van der Waals surface area (Å²) in [5, 5.41) is 11.9. The Bertz CT molecular complexity index is 1210. The van der Waals surface area contributed by atoms with E-state index in [4.69, 9.17) is 19.0 Å². The van der Waals surface area contributed by atoms with Crippen LogP contribution in [0.25, 0.3) is 0 Å². The van der Waals surface area contributed by atoms with Gasteiger partial charge in [-0.3, -0.25) is 14.9 Å². The van der Waals surface area contributed by atoms with Gasteiger partial charge in [0.1, 0.15) is 24.7 Å². The van der Waals surface area contributed by atoms with Crippen molar-refractivity contribution in [2.75, 3.05) is 45.3 Å². The Kier molecular flexibility index (Phi) is 9.42. The highest BCUT2D eigenvalue weighted by Crippen LogP contribution is 2.36. The number of rotatable bonds is 8. The lowest BCUT2D eigenvalue weighted by atomic mass is 10.1. The maximum atomic E-state index is 13.3. The number of carbonyl (C=O) groups is 2. The number of anilines is 1. The molecule has 1 saturated heterocycles. The van der Waals surface area contributed by atoms with Crippen molar-refractivity contribution in [3.8, 4) is 17.2 Å². The lowest BCUT2D eigenvalue weighted by molar-refractivity contribution is -0.385. The molecular formula is C27H29N3O7. The molecule has 0 bridgehead atoms. The van der Waals surface area contributed by atoms with Crippen molar-refractivity contribution >= 4 is 24.1 Å². The molecule has 10 nitrogen and oxygen atoms in total. The minimum Gasteiger partial charge on any atom is -0.495 e.